The van der Waals surface area contributed by atoms with E-state index in [9.17, 15) is 5.11 Å². The van der Waals surface area contributed by atoms with E-state index in [1.54, 1.807) is 19.4 Å². The molecule has 0 radical (unpaired) electrons. The number of rotatable bonds is 7. The molecule has 1 aliphatic heterocycles. The minimum atomic E-state index is -0.514. The summed E-state index contributed by atoms with van der Waals surface area (Å²) < 4.78 is 10.8. The molecule has 25 heavy (non-hydrogen) atoms. The number of anilines is 1. The Hall–Kier alpha value is -2.38. The van der Waals surface area contributed by atoms with E-state index in [0.717, 1.165) is 31.9 Å². The molecule has 1 aromatic heterocycles. The second kappa shape index (κ2) is 8.64. The fourth-order valence-electron chi connectivity index (χ4n) is 2.79. The van der Waals surface area contributed by atoms with E-state index in [0.29, 0.717) is 25.0 Å². The van der Waals surface area contributed by atoms with Gasteiger partial charge in [0.1, 0.15) is 18.5 Å². The van der Waals surface area contributed by atoms with E-state index in [4.69, 9.17) is 9.47 Å². The van der Waals surface area contributed by atoms with Gasteiger partial charge in [-0.25, -0.2) is 4.98 Å². The van der Waals surface area contributed by atoms with Crippen molar-refractivity contribution in [1.82, 2.24) is 14.9 Å². The Kier molecular flexibility index (Phi) is 6.03. The predicted octanol–water partition coefficient (Wildman–Crippen LogP) is 1.05. The molecule has 1 atom stereocenters. The van der Waals surface area contributed by atoms with Crippen molar-refractivity contribution in [3.05, 3.63) is 42.6 Å². The monoisotopic (exact) mass is 344 g/mol. The van der Waals surface area contributed by atoms with Crippen LogP contribution < -0.4 is 14.4 Å². The molecule has 0 bridgehead atoms. The number of methoxy groups -OCH3 is 1. The molecule has 2 aromatic rings. The van der Waals surface area contributed by atoms with E-state index >= 15 is 0 Å². The van der Waals surface area contributed by atoms with Crippen molar-refractivity contribution < 1.29 is 14.6 Å². The van der Waals surface area contributed by atoms with Crippen LogP contribution in [0.15, 0.2) is 42.6 Å². The van der Waals surface area contributed by atoms with Crippen molar-refractivity contribution in [3.63, 3.8) is 0 Å². The van der Waals surface area contributed by atoms with Crippen LogP contribution >= 0.6 is 0 Å². The summed E-state index contributed by atoms with van der Waals surface area (Å²) in [5.41, 5.74) is 0. The number of aliphatic hydroxyl groups is 1. The Morgan fingerprint density at radius 2 is 1.88 bits per heavy atom. The van der Waals surface area contributed by atoms with Crippen LogP contribution in [0.2, 0.25) is 0 Å². The van der Waals surface area contributed by atoms with E-state index in [1.165, 1.54) is 0 Å². The third-order valence-electron chi connectivity index (χ3n) is 4.14. The average Bonchev–Trinajstić information content (AvgIpc) is 2.68. The molecule has 0 aliphatic carbocycles. The zero-order valence-electron chi connectivity index (χ0n) is 14.4. The zero-order valence-corrected chi connectivity index (χ0v) is 14.4. The molecule has 1 aliphatic rings. The number of para-hydroxylation sites is 1. The number of benzene rings is 1. The SMILES string of the molecule is COc1ccnc(N2CCN(C[C@H](O)COc3ccccc3)CC2)n1. The fourth-order valence-corrected chi connectivity index (χ4v) is 2.79. The van der Waals surface area contributed by atoms with Gasteiger partial charge in [-0.05, 0) is 12.1 Å². The summed E-state index contributed by atoms with van der Waals surface area (Å²) in [4.78, 5) is 13.0. The van der Waals surface area contributed by atoms with Gasteiger partial charge >= 0.3 is 0 Å². The normalized spacial score (nSPS) is 16.5. The third-order valence-corrected chi connectivity index (χ3v) is 4.14. The molecule has 1 fully saturated rings. The Balaban J connectivity index is 1.42. The topological polar surface area (TPSA) is 71.0 Å². The number of β-amino-alcohol motifs (C(OH)–C–C–N with tert-alkyl or cyclic N) is 1. The van der Waals surface area contributed by atoms with Gasteiger partial charge in [-0.3, -0.25) is 4.90 Å². The van der Waals surface area contributed by atoms with Crippen molar-refractivity contribution in [3.8, 4) is 11.6 Å². The van der Waals surface area contributed by atoms with Crippen LogP contribution in [0.25, 0.3) is 0 Å². The van der Waals surface area contributed by atoms with Crippen molar-refractivity contribution >= 4 is 5.95 Å². The summed E-state index contributed by atoms with van der Waals surface area (Å²) in [5.74, 6) is 2.04. The van der Waals surface area contributed by atoms with Gasteiger partial charge in [0.2, 0.25) is 11.8 Å². The molecule has 1 aromatic carbocycles. The quantitative estimate of drug-likeness (QED) is 0.805. The minimum Gasteiger partial charge on any atom is -0.491 e. The van der Waals surface area contributed by atoms with Gasteiger partial charge in [0.05, 0.1) is 7.11 Å². The summed E-state index contributed by atoms with van der Waals surface area (Å²) in [5, 5.41) is 10.2. The zero-order chi connectivity index (χ0) is 17.5. The summed E-state index contributed by atoms with van der Waals surface area (Å²) in [6.07, 6.45) is 1.19. The summed E-state index contributed by atoms with van der Waals surface area (Å²) in [6, 6.07) is 11.3. The minimum absolute atomic E-state index is 0.295. The standard InChI is InChI=1S/C18H24N4O3/c1-24-17-7-8-19-18(20-17)22-11-9-21(10-12-22)13-15(23)14-25-16-5-3-2-4-6-16/h2-8,15,23H,9-14H2,1H3/t15-/m0/s1. The summed E-state index contributed by atoms with van der Waals surface area (Å²) in [7, 11) is 1.60. The van der Waals surface area contributed by atoms with Crippen LogP contribution in [-0.4, -0.2) is 72.5 Å². The first-order valence-electron chi connectivity index (χ1n) is 8.45. The van der Waals surface area contributed by atoms with E-state index < -0.39 is 6.10 Å². The molecule has 134 valence electrons. The Morgan fingerprint density at radius 1 is 1.12 bits per heavy atom. The second-order valence-corrected chi connectivity index (χ2v) is 5.96. The van der Waals surface area contributed by atoms with Crippen LogP contribution in [0.3, 0.4) is 0 Å². The Labute approximate surface area is 147 Å². The first kappa shape index (κ1) is 17.4. The third kappa shape index (κ3) is 5.04. The molecular formula is C18H24N4O3. The van der Waals surface area contributed by atoms with E-state index in [2.05, 4.69) is 19.8 Å². The lowest BCUT2D eigenvalue weighted by Gasteiger charge is -2.35. The van der Waals surface area contributed by atoms with Gasteiger partial charge in [0.25, 0.3) is 0 Å². The maximum absolute atomic E-state index is 10.2. The van der Waals surface area contributed by atoms with Crippen LogP contribution in [0, 0.1) is 0 Å². The average molecular weight is 344 g/mol. The van der Waals surface area contributed by atoms with Crippen molar-refractivity contribution in [2.75, 3.05) is 51.3 Å². The van der Waals surface area contributed by atoms with Gasteiger partial charge in [0.15, 0.2) is 0 Å². The van der Waals surface area contributed by atoms with Gasteiger partial charge < -0.3 is 19.5 Å². The number of nitrogens with zero attached hydrogens (tertiary/aromatic N) is 4. The molecule has 0 spiro atoms. The largest absolute Gasteiger partial charge is 0.491 e. The Morgan fingerprint density at radius 3 is 2.60 bits per heavy atom. The highest BCUT2D eigenvalue weighted by atomic mass is 16.5. The number of piperazine rings is 1. The highest BCUT2D eigenvalue weighted by Gasteiger charge is 2.21. The first-order valence-corrected chi connectivity index (χ1v) is 8.45. The van der Waals surface area contributed by atoms with Gasteiger partial charge in [0, 0.05) is 45.0 Å². The maximum atomic E-state index is 10.2. The molecule has 1 saturated heterocycles. The predicted molar refractivity (Wildman–Crippen MR) is 95.2 cm³/mol. The van der Waals surface area contributed by atoms with E-state index in [1.807, 2.05) is 30.3 Å². The van der Waals surface area contributed by atoms with Crippen LogP contribution in [0.4, 0.5) is 5.95 Å². The fraction of sp³-hybridized carbons (Fsp3) is 0.444. The summed E-state index contributed by atoms with van der Waals surface area (Å²) >= 11 is 0. The van der Waals surface area contributed by atoms with Gasteiger partial charge in [-0.15, -0.1) is 0 Å². The van der Waals surface area contributed by atoms with Crippen LogP contribution in [-0.2, 0) is 0 Å². The highest BCUT2D eigenvalue weighted by molar-refractivity contribution is 5.32. The summed E-state index contributed by atoms with van der Waals surface area (Å²) in [6.45, 7) is 4.23. The smallest absolute Gasteiger partial charge is 0.228 e. The highest BCUT2D eigenvalue weighted by Crippen LogP contribution is 2.15. The van der Waals surface area contributed by atoms with Crippen LogP contribution in [0.1, 0.15) is 0 Å². The van der Waals surface area contributed by atoms with Gasteiger partial charge in [-0.2, -0.15) is 4.98 Å². The lowest BCUT2D eigenvalue weighted by Crippen LogP contribution is -2.49. The Bertz CT molecular complexity index is 648. The van der Waals surface area contributed by atoms with Crippen molar-refractivity contribution in [2.24, 2.45) is 0 Å². The van der Waals surface area contributed by atoms with Gasteiger partial charge in [-0.1, -0.05) is 18.2 Å². The number of hydrogen-bond donors (Lipinski definition) is 1. The lowest BCUT2D eigenvalue weighted by atomic mass is 10.2. The molecule has 0 unspecified atom stereocenters. The van der Waals surface area contributed by atoms with Crippen molar-refractivity contribution in [2.45, 2.75) is 6.10 Å². The maximum Gasteiger partial charge on any atom is 0.228 e. The van der Waals surface area contributed by atoms with E-state index in [-0.39, 0.29) is 0 Å². The molecular weight excluding hydrogens is 320 g/mol. The lowest BCUT2D eigenvalue weighted by molar-refractivity contribution is 0.0662. The molecule has 7 nitrogen and oxygen atoms in total. The molecule has 0 amide bonds. The first-order chi connectivity index (χ1) is 12.2. The van der Waals surface area contributed by atoms with Crippen LogP contribution in [0.5, 0.6) is 11.6 Å². The molecule has 3 rings (SSSR count). The molecule has 2 heterocycles. The molecule has 7 heteroatoms. The molecule has 0 saturated carbocycles. The number of aromatic nitrogens is 2. The number of aliphatic hydroxyl groups excluding tert-OH is 1. The molecule has 1 N–H and O–H groups in total. The van der Waals surface area contributed by atoms with Crippen molar-refractivity contribution in [1.29, 1.82) is 0 Å². The number of ether oxygens (including phenoxy) is 2. The number of hydrogen-bond acceptors (Lipinski definition) is 7. The second-order valence-electron chi connectivity index (χ2n) is 5.96.